The van der Waals surface area contributed by atoms with Crippen LogP contribution in [0.2, 0.25) is 0 Å². The summed E-state index contributed by atoms with van der Waals surface area (Å²) in [4.78, 5) is 4.09. The monoisotopic (exact) mass is 675 g/mol. The molecule has 1 atom stereocenters. The Morgan fingerprint density at radius 3 is 1.96 bits per heavy atom. The summed E-state index contributed by atoms with van der Waals surface area (Å²) in [7, 11) is 3.72. The molecule has 2 aromatic heterocycles. The highest BCUT2D eigenvalue weighted by molar-refractivity contribution is 6.22. The summed E-state index contributed by atoms with van der Waals surface area (Å²) in [5.41, 5.74) is 5.30. The zero-order chi connectivity index (χ0) is 35.6. The molecule has 7 aromatic carbocycles. The highest BCUT2D eigenvalue weighted by atomic mass is 16.4. The molecular formula is C42H33N3O6. The number of nitrogens with one attached hydrogen (secondary N) is 1. The predicted molar refractivity (Wildman–Crippen MR) is 204 cm³/mol. The van der Waals surface area contributed by atoms with E-state index in [0.29, 0.717) is 11.3 Å². The van der Waals surface area contributed by atoms with Crippen molar-refractivity contribution in [1.29, 1.82) is 0 Å². The number of aromatic nitrogens is 1. The minimum absolute atomic E-state index is 0.194. The van der Waals surface area contributed by atoms with Crippen molar-refractivity contribution in [3.8, 4) is 28.7 Å². The van der Waals surface area contributed by atoms with Gasteiger partial charge in [0.2, 0.25) is 17.2 Å². The van der Waals surface area contributed by atoms with Crippen LogP contribution in [0.4, 0.5) is 5.69 Å². The summed E-state index contributed by atoms with van der Waals surface area (Å²) in [6.07, 6.45) is 0. The molecule has 0 aliphatic rings. The molecule has 0 amide bonds. The number of aryl methyl sites for hydroxylation is 1. The maximum atomic E-state index is 10.3. The van der Waals surface area contributed by atoms with Gasteiger partial charge in [-0.2, -0.15) is 0 Å². The maximum absolute atomic E-state index is 10.3. The van der Waals surface area contributed by atoms with Crippen LogP contribution in [0.15, 0.2) is 119 Å². The molecule has 0 fully saturated rings. The summed E-state index contributed by atoms with van der Waals surface area (Å²) < 4.78 is 8.34. The third-order valence-corrected chi connectivity index (χ3v) is 9.78. The van der Waals surface area contributed by atoms with Crippen LogP contribution < -0.4 is 5.32 Å². The molecule has 6 N–H and O–H groups in total. The summed E-state index contributed by atoms with van der Waals surface area (Å²) in [6, 6.07) is 36.0. The molecule has 2 heterocycles. The first-order valence-electron chi connectivity index (χ1n) is 16.3. The average molecular weight is 676 g/mol. The van der Waals surface area contributed by atoms with Crippen molar-refractivity contribution in [2.75, 3.05) is 7.05 Å². The molecule has 9 rings (SSSR count). The fourth-order valence-corrected chi connectivity index (χ4v) is 7.32. The maximum Gasteiger partial charge on any atom is 0.208 e. The van der Waals surface area contributed by atoms with E-state index in [1.54, 1.807) is 13.1 Å². The van der Waals surface area contributed by atoms with E-state index in [2.05, 4.69) is 89.3 Å². The molecule has 0 aliphatic heterocycles. The molecule has 0 saturated carbocycles. The van der Waals surface area contributed by atoms with Crippen LogP contribution in [0.25, 0.3) is 65.3 Å². The Morgan fingerprint density at radius 2 is 1.24 bits per heavy atom. The summed E-state index contributed by atoms with van der Waals surface area (Å²) >= 11 is 0. The molecule has 1 unspecified atom stereocenters. The second kappa shape index (κ2) is 12.0. The molecule has 9 heteroatoms. The van der Waals surface area contributed by atoms with E-state index in [4.69, 9.17) is 4.42 Å². The Bertz CT molecular complexity index is 2820. The van der Waals surface area contributed by atoms with Crippen LogP contribution >= 0.6 is 0 Å². The zero-order valence-electron chi connectivity index (χ0n) is 27.7. The number of rotatable bonds is 4. The van der Waals surface area contributed by atoms with Crippen LogP contribution in [-0.4, -0.2) is 43.9 Å². The van der Waals surface area contributed by atoms with Gasteiger partial charge in [-0.1, -0.05) is 78.9 Å². The standard InChI is InChI=1S/C23H15NO.C19H18N2O5/c1-24-19-8-4-2-6-15(19)18-12-14-10-11-22-23(17(14)13-20(18)24)16-7-3-5-9-21(16)25-22;1-20-13-10-6-4-3-5-9(10)7-8-11(13)14(21-2)12-15(22)17(24)19(26)18(25)16(12)23/h2-13H,1H3;3-8,14,21-26H,1H2,2H3. The van der Waals surface area contributed by atoms with Gasteiger partial charge in [0.25, 0.3) is 0 Å². The number of hydrogen-bond acceptors (Lipinski definition) is 8. The van der Waals surface area contributed by atoms with E-state index in [9.17, 15) is 25.5 Å². The lowest BCUT2D eigenvalue weighted by molar-refractivity contribution is 0.321. The number of nitrogens with zero attached hydrogens (tertiary/aromatic N) is 2. The fourth-order valence-electron chi connectivity index (χ4n) is 7.32. The summed E-state index contributed by atoms with van der Waals surface area (Å²) in [6.45, 7) is 3.60. The fraction of sp³-hybridized carbons (Fsp3) is 0.0714. The molecule has 0 aliphatic carbocycles. The minimum Gasteiger partial charge on any atom is -0.504 e. The van der Waals surface area contributed by atoms with Gasteiger partial charge < -0.3 is 39.8 Å². The van der Waals surface area contributed by atoms with Gasteiger partial charge in [-0.05, 0) is 60.3 Å². The number of hydrogen-bond donors (Lipinski definition) is 6. The average Bonchev–Trinajstić information content (AvgIpc) is 3.69. The number of aliphatic imine (C=N–C) groups is 1. The Labute approximate surface area is 291 Å². The highest BCUT2D eigenvalue weighted by Gasteiger charge is 2.30. The summed E-state index contributed by atoms with van der Waals surface area (Å²) in [5, 5.41) is 62.0. The first-order valence-corrected chi connectivity index (χ1v) is 16.3. The van der Waals surface area contributed by atoms with Crippen LogP contribution in [-0.2, 0) is 7.05 Å². The minimum atomic E-state index is -1.00. The van der Waals surface area contributed by atoms with E-state index in [-0.39, 0.29) is 5.56 Å². The van der Waals surface area contributed by atoms with Crippen LogP contribution in [0.3, 0.4) is 0 Å². The third kappa shape index (κ3) is 4.78. The van der Waals surface area contributed by atoms with Crippen molar-refractivity contribution in [3.05, 3.63) is 120 Å². The van der Waals surface area contributed by atoms with Gasteiger partial charge in [0, 0.05) is 50.6 Å². The van der Waals surface area contributed by atoms with Crippen LogP contribution in [0, 0.1) is 0 Å². The number of phenols is 5. The third-order valence-electron chi connectivity index (χ3n) is 9.78. The number of para-hydroxylation sites is 2. The van der Waals surface area contributed by atoms with Crippen molar-refractivity contribution in [2.45, 2.75) is 6.04 Å². The van der Waals surface area contributed by atoms with Gasteiger partial charge >= 0.3 is 0 Å². The van der Waals surface area contributed by atoms with Gasteiger partial charge in [0.1, 0.15) is 11.2 Å². The lowest BCUT2D eigenvalue weighted by Crippen LogP contribution is -2.18. The molecule has 252 valence electrons. The van der Waals surface area contributed by atoms with Gasteiger partial charge in [0.15, 0.2) is 11.5 Å². The lowest BCUT2D eigenvalue weighted by Gasteiger charge is -2.23. The van der Waals surface area contributed by atoms with Crippen molar-refractivity contribution < 1.29 is 29.9 Å². The molecule has 9 nitrogen and oxygen atoms in total. The molecule has 0 radical (unpaired) electrons. The SMILES string of the molecule is C=Nc1c(C(NC)c2c(O)c(O)c(O)c(O)c2O)ccc2ccccc12.Cn1c2ccccc2c2cc3ccc4oc5ccccc5c4c3cc21. The molecule has 51 heavy (non-hydrogen) atoms. The zero-order valence-corrected chi connectivity index (χ0v) is 27.7. The highest BCUT2D eigenvalue weighted by Crippen LogP contribution is 2.54. The van der Waals surface area contributed by atoms with Crippen molar-refractivity contribution in [1.82, 2.24) is 9.88 Å². The largest absolute Gasteiger partial charge is 0.504 e. The number of phenolic OH excluding ortho intramolecular Hbond substituents is 5. The van der Waals surface area contributed by atoms with Crippen molar-refractivity contribution >= 4 is 77.7 Å². The number of aromatic hydroxyl groups is 5. The second-order valence-electron chi connectivity index (χ2n) is 12.5. The number of benzene rings is 7. The summed E-state index contributed by atoms with van der Waals surface area (Å²) in [5.74, 6) is -4.35. The van der Waals surface area contributed by atoms with E-state index >= 15 is 0 Å². The van der Waals surface area contributed by atoms with Gasteiger partial charge in [0.05, 0.1) is 17.3 Å². The first kappa shape index (κ1) is 31.6. The van der Waals surface area contributed by atoms with Crippen molar-refractivity contribution in [3.63, 3.8) is 0 Å². The number of furan rings is 1. The van der Waals surface area contributed by atoms with E-state index in [1.165, 1.54) is 43.4 Å². The quantitative estimate of drug-likeness (QED) is 0.0620. The van der Waals surface area contributed by atoms with Gasteiger partial charge in [-0.3, -0.25) is 4.99 Å². The molecule has 9 aromatic rings. The molecule has 0 spiro atoms. The molecular weight excluding hydrogens is 642 g/mol. The van der Waals surface area contributed by atoms with Crippen molar-refractivity contribution in [2.24, 2.45) is 12.0 Å². The van der Waals surface area contributed by atoms with Crippen LogP contribution in [0.1, 0.15) is 17.2 Å². The smallest absolute Gasteiger partial charge is 0.208 e. The first-order chi connectivity index (χ1) is 24.7. The normalized spacial score (nSPS) is 12.2. The lowest BCUT2D eigenvalue weighted by atomic mass is 9.92. The Hall–Kier alpha value is -6.71. The Kier molecular flexibility index (Phi) is 7.43. The topological polar surface area (TPSA) is 144 Å². The van der Waals surface area contributed by atoms with E-state index in [0.717, 1.165) is 21.9 Å². The van der Waals surface area contributed by atoms with Crippen LogP contribution in [0.5, 0.6) is 28.7 Å². The Morgan fingerprint density at radius 1 is 0.608 bits per heavy atom. The second-order valence-corrected chi connectivity index (χ2v) is 12.5. The molecule has 0 bridgehead atoms. The van der Waals surface area contributed by atoms with E-state index in [1.807, 2.05) is 42.5 Å². The van der Waals surface area contributed by atoms with Gasteiger partial charge in [-0.15, -0.1) is 0 Å². The predicted octanol–water partition coefficient (Wildman–Crippen LogP) is 9.39. The Balaban J connectivity index is 0.000000147. The number of fused-ring (bicyclic) bond motifs is 9. The molecule has 0 saturated heterocycles. The van der Waals surface area contributed by atoms with Gasteiger partial charge in [-0.25, -0.2) is 0 Å². The van der Waals surface area contributed by atoms with E-state index < -0.39 is 34.8 Å².